The SMILES string of the molecule is COCc1c(C(=O)NC(C)c2ccc(OC)c(F)c2)oc2ccccc12. The molecular weight excluding hydrogens is 337 g/mol. The Morgan fingerprint density at radius 1 is 1.23 bits per heavy atom. The van der Waals surface area contributed by atoms with E-state index in [1.807, 2.05) is 18.2 Å². The van der Waals surface area contributed by atoms with Gasteiger partial charge in [-0.05, 0) is 30.7 Å². The maximum atomic E-state index is 13.9. The summed E-state index contributed by atoms with van der Waals surface area (Å²) in [6, 6.07) is 11.6. The van der Waals surface area contributed by atoms with Gasteiger partial charge < -0.3 is 19.2 Å². The van der Waals surface area contributed by atoms with Gasteiger partial charge in [0.1, 0.15) is 5.58 Å². The van der Waals surface area contributed by atoms with Crippen LogP contribution in [0.15, 0.2) is 46.9 Å². The molecule has 0 aliphatic carbocycles. The number of carbonyl (C=O) groups is 1. The van der Waals surface area contributed by atoms with E-state index in [2.05, 4.69) is 5.32 Å². The van der Waals surface area contributed by atoms with Crippen LogP contribution in [0.1, 0.15) is 34.6 Å². The summed E-state index contributed by atoms with van der Waals surface area (Å²) in [4.78, 5) is 12.7. The lowest BCUT2D eigenvalue weighted by Crippen LogP contribution is -2.27. The molecule has 5 nitrogen and oxygen atoms in total. The minimum atomic E-state index is -0.477. The zero-order valence-electron chi connectivity index (χ0n) is 14.8. The van der Waals surface area contributed by atoms with Crippen LogP contribution in [-0.2, 0) is 11.3 Å². The molecule has 1 N–H and O–H groups in total. The summed E-state index contributed by atoms with van der Waals surface area (Å²) in [5.41, 5.74) is 1.93. The molecule has 2 aromatic carbocycles. The van der Waals surface area contributed by atoms with E-state index in [4.69, 9.17) is 13.9 Å². The Morgan fingerprint density at radius 2 is 2.00 bits per heavy atom. The van der Waals surface area contributed by atoms with Crippen LogP contribution >= 0.6 is 0 Å². The highest BCUT2D eigenvalue weighted by atomic mass is 19.1. The second-order valence-corrected chi connectivity index (χ2v) is 5.93. The van der Waals surface area contributed by atoms with Gasteiger partial charge in [0.15, 0.2) is 17.3 Å². The summed E-state index contributed by atoms with van der Waals surface area (Å²) in [5.74, 6) is -0.493. The maximum Gasteiger partial charge on any atom is 0.287 e. The van der Waals surface area contributed by atoms with E-state index >= 15 is 0 Å². The Kier molecular flexibility index (Phi) is 5.23. The number of rotatable bonds is 6. The molecule has 0 aliphatic heterocycles. The molecule has 1 amide bonds. The highest BCUT2D eigenvalue weighted by molar-refractivity contribution is 5.99. The van der Waals surface area contributed by atoms with Crippen LogP contribution in [0.5, 0.6) is 5.75 Å². The van der Waals surface area contributed by atoms with Gasteiger partial charge in [-0.2, -0.15) is 0 Å². The Hall–Kier alpha value is -2.86. The van der Waals surface area contributed by atoms with Crippen molar-refractivity contribution in [1.82, 2.24) is 5.32 Å². The van der Waals surface area contributed by atoms with Gasteiger partial charge in [-0.15, -0.1) is 0 Å². The normalized spacial score (nSPS) is 12.2. The second kappa shape index (κ2) is 7.58. The van der Waals surface area contributed by atoms with Crippen molar-refractivity contribution in [2.75, 3.05) is 14.2 Å². The fourth-order valence-corrected chi connectivity index (χ4v) is 2.87. The van der Waals surface area contributed by atoms with Crippen LogP contribution in [0.2, 0.25) is 0 Å². The average molecular weight is 357 g/mol. The number of furan rings is 1. The summed E-state index contributed by atoms with van der Waals surface area (Å²) in [6.07, 6.45) is 0. The fraction of sp³-hybridized carbons (Fsp3) is 0.250. The predicted molar refractivity (Wildman–Crippen MR) is 95.8 cm³/mol. The van der Waals surface area contributed by atoms with Crippen molar-refractivity contribution in [1.29, 1.82) is 0 Å². The van der Waals surface area contributed by atoms with Gasteiger partial charge in [0, 0.05) is 18.1 Å². The number of hydrogen-bond acceptors (Lipinski definition) is 4. The van der Waals surface area contributed by atoms with Crippen LogP contribution in [0, 0.1) is 5.82 Å². The Bertz CT molecular complexity index is 935. The lowest BCUT2D eigenvalue weighted by atomic mass is 10.1. The van der Waals surface area contributed by atoms with Crippen molar-refractivity contribution in [3.63, 3.8) is 0 Å². The molecule has 0 saturated carbocycles. The van der Waals surface area contributed by atoms with Gasteiger partial charge in [-0.25, -0.2) is 4.39 Å². The first-order valence-electron chi connectivity index (χ1n) is 8.18. The van der Waals surface area contributed by atoms with Gasteiger partial charge in [0.05, 0.1) is 19.8 Å². The molecule has 0 radical (unpaired) electrons. The number of methoxy groups -OCH3 is 2. The van der Waals surface area contributed by atoms with Gasteiger partial charge >= 0.3 is 0 Å². The number of amides is 1. The molecule has 0 fully saturated rings. The number of hydrogen-bond donors (Lipinski definition) is 1. The van der Waals surface area contributed by atoms with Crippen molar-refractivity contribution >= 4 is 16.9 Å². The number of ether oxygens (including phenoxy) is 2. The van der Waals surface area contributed by atoms with Gasteiger partial charge in [0.2, 0.25) is 0 Å². The largest absolute Gasteiger partial charge is 0.494 e. The Balaban J connectivity index is 1.86. The third-order valence-electron chi connectivity index (χ3n) is 4.22. The molecule has 0 aliphatic rings. The first kappa shape index (κ1) is 17.9. The molecule has 6 heteroatoms. The Labute approximate surface area is 150 Å². The predicted octanol–water partition coefficient (Wildman–Crippen LogP) is 4.22. The molecule has 136 valence electrons. The molecule has 1 aromatic heterocycles. The number of carbonyl (C=O) groups excluding carboxylic acids is 1. The minimum absolute atomic E-state index is 0.159. The first-order chi connectivity index (χ1) is 12.5. The van der Waals surface area contributed by atoms with Crippen LogP contribution in [0.4, 0.5) is 4.39 Å². The zero-order valence-corrected chi connectivity index (χ0v) is 14.8. The number of nitrogens with one attached hydrogen (secondary N) is 1. The van der Waals surface area contributed by atoms with Crippen molar-refractivity contribution in [3.8, 4) is 5.75 Å². The summed E-state index contributed by atoms with van der Waals surface area (Å²) in [5, 5.41) is 3.68. The van der Waals surface area contributed by atoms with E-state index in [1.54, 1.807) is 26.2 Å². The molecule has 0 bridgehead atoms. The van der Waals surface area contributed by atoms with Crippen LogP contribution in [0.3, 0.4) is 0 Å². The Morgan fingerprint density at radius 3 is 2.69 bits per heavy atom. The topological polar surface area (TPSA) is 60.7 Å². The van der Waals surface area contributed by atoms with E-state index in [9.17, 15) is 9.18 Å². The summed E-state index contributed by atoms with van der Waals surface area (Å²) in [7, 11) is 2.97. The van der Waals surface area contributed by atoms with Crippen LogP contribution in [-0.4, -0.2) is 20.1 Å². The molecule has 3 rings (SSSR count). The third-order valence-corrected chi connectivity index (χ3v) is 4.22. The zero-order chi connectivity index (χ0) is 18.7. The number of fused-ring (bicyclic) bond motifs is 1. The molecule has 26 heavy (non-hydrogen) atoms. The van der Waals surface area contributed by atoms with Crippen molar-refractivity contribution < 1.29 is 23.1 Å². The average Bonchev–Trinajstić information content (AvgIpc) is 3.01. The summed E-state index contributed by atoms with van der Waals surface area (Å²) >= 11 is 0. The highest BCUT2D eigenvalue weighted by Gasteiger charge is 2.22. The number of para-hydroxylation sites is 1. The molecule has 0 saturated heterocycles. The first-order valence-corrected chi connectivity index (χ1v) is 8.18. The summed E-state index contributed by atoms with van der Waals surface area (Å²) < 4.78 is 29.8. The monoisotopic (exact) mass is 357 g/mol. The second-order valence-electron chi connectivity index (χ2n) is 5.93. The lowest BCUT2D eigenvalue weighted by molar-refractivity contribution is 0.0907. The quantitative estimate of drug-likeness (QED) is 0.718. The van der Waals surface area contributed by atoms with E-state index in [-0.39, 0.29) is 24.0 Å². The molecule has 0 spiro atoms. The molecular formula is C20H20FNO4. The fourth-order valence-electron chi connectivity index (χ4n) is 2.87. The van der Waals surface area contributed by atoms with Gasteiger partial charge in [-0.3, -0.25) is 4.79 Å². The van der Waals surface area contributed by atoms with Gasteiger partial charge in [0.25, 0.3) is 5.91 Å². The molecule has 3 aromatic rings. The molecule has 1 heterocycles. The van der Waals surface area contributed by atoms with Crippen molar-refractivity contribution in [2.24, 2.45) is 0 Å². The van der Waals surface area contributed by atoms with E-state index in [0.29, 0.717) is 16.7 Å². The number of halogens is 1. The number of benzene rings is 2. The molecule has 1 unspecified atom stereocenters. The van der Waals surface area contributed by atoms with E-state index in [1.165, 1.54) is 19.2 Å². The van der Waals surface area contributed by atoms with Gasteiger partial charge in [-0.1, -0.05) is 24.3 Å². The van der Waals surface area contributed by atoms with Crippen LogP contribution in [0.25, 0.3) is 11.0 Å². The third kappa shape index (κ3) is 3.41. The standard InChI is InChI=1S/C20H20FNO4/c1-12(13-8-9-18(25-3)16(21)10-13)22-20(23)19-15(11-24-2)14-6-4-5-7-17(14)26-19/h4-10,12H,11H2,1-3H3,(H,22,23). The van der Waals surface area contributed by atoms with E-state index < -0.39 is 11.9 Å². The highest BCUT2D eigenvalue weighted by Crippen LogP contribution is 2.27. The van der Waals surface area contributed by atoms with Crippen LogP contribution < -0.4 is 10.1 Å². The smallest absolute Gasteiger partial charge is 0.287 e. The summed E-state index contributed by atoms with van der Waals surface area (Å²) in [6.45, 7) is 2.03. The lowest BCUT2D eigenvalue weighted by Gasteiger charge is -2.15. The maximum absolute atomic E-state index is 13.9. The van der Waals surface area contributed by atoms with Crippen molar-refractivity contribution in [2.45, 2.75) is 19.6 Å². The van der Waals surface area contributed by atoms with Crippen molar-refractivity contribution in [3.05, 3.63) is 65.2 Å². The van der Waals surface area contributed by atoms with E-state index in [0.717, 1.165) is 5.39 Å². The minimum Gasteiger partial charge on any atom is -0.494 e. The molecule has 1 atom stereocenters.